The summed E-state index contributed by atoms with van der Waals surface area (Å²) in [5.74, 6) is -1.03. The van der Waals surface area contributed by atoms with Gasteiger partial charge in [0.05, 0.1) is 16.1 Å². The van der Waals surface area contributed by atoms with E-state index in [1.54, 1.807) is 36.6 Å². The Hall–Kier alpha value is -3.43. The van der Waals surface area contributed by atoms with Gasteiger partial charge in [-0.1, -0.05) is 26.0 Å². The number of hydrogen-bond donors (Lipinski definition) is 2. The van der Waals surface area contributed by atoms with E-state index in [2.05, 4.69) is 10.9 Å². The molecule has 0 radical (unpaired) electrons. The molecule has 2 amide bonds. The maximum absolute atomic E-state index is 12.6. The fraction of sp³-hybridized carbons (Fsp3) is 0.182. The van der Waals surface area contributed by atoms with Gasteiger partial charge in [0.2, 0.25) is 10.0 Å². The van der Waals surface area contributed by atoms with Crippen LogP contribution >= 0.6 is 0 Å². The molecule has 2 N–H and O–H groups in total. The molecule has 1 aromatic heterocycles. The number of hydrogen-bond acceptors (Lipinski definition) is 4. The number of hydrazine groups is 1. The summed E-state index contributed by atoms with van der Waals surface area (Å²) < 4.78 is 28.2. The van der Waals surface area contributed by atoms with Crippen molar-refractivity contribution in [3.8, 4) is 5.69 Å². The predicted molar refractivity (Wildman–Crippen MR) is 117 cm³/mol. The zero-order valence-corrected chi connectivity index (χ0v) is 18.1. The number of aromatic nitrogens is 1. The Labute approximate surface area is 181 Å². The summed E-state index contributed by atoms with van der Waals surface area (Å²) in [6.45, 7) is 4.25. The predicted octanol–water partition coefficient (Wildman–Crippen LogP) is 2.58. The lowest BCUT2D eigenvalue weighted by Gasteiger charge is -2.18. The molecule has 3 aromatic rings. The normalized spacial score (nSPS) is 11.3. The molecule has 0 bridgehead atoms. The Bertz CT molecular complexity index is 1150. The van der Waals surface area contributed by atoms with Gasteiger partial charge in [0, 0.05) is 31.0 Å². The van der Waals surface area contributed by atoms with Gasteiger partial charge in [0.15, 0.2) is 0 Å². The zero-order valence-electron chi connectivity index (χ0n) is 17.3. The fourth-order valence-electron chi connectivity index (χ4n) is 3.13. The molecule has 1 heterocycles. The van der Waals surface area contributed by atoms with E-state index < -0.39 is 21.8 Å². The molecule has 0 aliphatic heterocycles. The number of benzene rings is 2. The number of nitrogens with one attached hydrogen (secondary N) is 2. The van der Waals surface area contributed by atoms with E-state index in [-0.39, 0.29) is 10.5 Å². The van der Waals surface area contributed by atoms with Crippen molar-refractivity contribution in [3.63, 3.8) is 0 Å². The van der Waals surface area contributed by atoms with E-state index in [9.17, 15) is 18.0 Å². The summed E-state index contributed by atoms with van der Waals surface area (Å²) in [6.07, 6.45) is 3.64. The Morgan fingerprint density at radius 2 is 1.42 bits per heavy atom. The molecule has 0 saturated heterocycles. The third-order valence-corrected chi connectivity index (χ3v) is 6.84. The van der Waals surface area contributed by atoms with Crippen molar-refractivity contribution >= 4 is 21.8 Å². The van der Waals surface area contributed by atoms with Gasteiger partial charge < -0.3 is 4.57 Å². The Kier molecular flexibility index (Phi) is 6.88. The van der Waals surface area contributed by atoms with E-state index >= 15 is 0 Å². The van der Waals surface area contributed by atoms with Crippen molar-refractivity contribution in [2.24, 2.45) is 0 Å². The summed E-state index contributed by atoms with van der Waals surface area (Å²) in [5, 5.41) is 0. The van der Waals surface area contributed by atoms with E-state index in [4.69, 9.17) is 0 Å². The second-order valence-corrected chi connectivity index (χ2v) is 8.57. The fourth-order valence-corrected chi connectivity index (χ4v) is 4.59. The van der Waals surface area contributed by atoms with E-state index in [0.717, 1.165) is 0 Å². The molecule has 9 heteroatoms. The maximum atomic E-state index is 12.6. The van der Waals surface area contributed by atoms with Gasteiger partial charge in [-0.2, -0.15) is 4.31 Å². The molecule has 0 atom stereocenters. The number of para-hydroxylation sites is 1. The van der Waals surface area contributed by atoms with Gasteiger partial charge in [-0.25, -0.2) is 8.42 Å². The van der Waals surface area contributed by atoms with E-state index in [0.29, 0.717) is 24.3 Å². The first-order valence-corrected chi connectivity index (χ1v) is 11.3. The molecule has 0 fully saturated rings. The molecule has 2 aromatic carbocycles. The minimum atomic E-state index is -3.60. The van der Waals surface area contributed by atoms with Crippen LogP contribution in [-0.2, 0) is 10.0 Å². The topological polar surface area (TPSA) is 101 Å². The quantitative estimate of drug-likeness (QED) is 0.552. The lowest BCUT2D eigenvalue weighted by Crippen LogP contribution is -2.42. The van der Waals surface area contributed by atoms with E-state index in [1.165, 1.54) is 28.6 Å². The molecule has 0 saturated carbocycles. The average molecular weight is 441 g/mol. The minimum Gasteiger partial charge on any atom is -0.323 e. The molecular formula is C22H24N4O4S. The van der Waals surface area contributed by atoms with Crippen molar-refractivity contribution in [2.75, 3.05) is 13.1 Å². The first kappa shape index (κ1) is 22.3. The van der Waals surface area contributed by atoms with Crippen molar-refractivity contribution < 1.29 is 18.0 Å². The van der Waals surface area contributed by atoms with Gasteiger partial charge in [-0.3, -0.25) is 20.4 Å². The lowest BCUT2D eigenvalue weighted by atomic mass is 10.1. The number of sulfonamides is 1. The third-order valence-electron chi connectivity index (χ3n) is 4.78. The van der Waals surface area contributed by atoms with Gasteiger partial charge in [-0.15, -0.1) is 0 Å². The van der Waals surface area contributed by atoms with Crippen molar-refractivity contribution in [1.82, 2.24) is 19.7 Å². The van der Waals surface area contributed by atoms with Gasteiger partial charge in [0.1, 0.15) is 0 Å². The van der Waals surface area contributed by atoms with Crippen molar-refractivity contribution in [2.45, 2.75) is 18.7 Å². The smallest absolute Gasteiger partial charge is 0.271 e. The molecule has 0 unspecified atom stereocenters. The van der Waals surface area contributed by atoms with Crippen LogP contribution in [0.25, 0.3) is 5.69 Å². The molecule has 8 nitrogen and oxygen atoms in total. The Morgan fingerprint density at radius 3 is 2.03 bits per heavy atom. The van der Waals surface area contributed by atoms with Crippen LogP contribution in [0.2, 0.25) is 0 Å². The van der Waals surface area contributed by atoms with Crippen molar-refractivity contribution in [1.29, 1.82) is 0 Å². The van der Waals surface area contributed by atoms with E-state index in [1.807, 2.05) is 30.6 Å². The van der Waals surface area contributed by atoms with Crippen LogP contribution in [-0.4, -0.2) is 42.2 Å². The highest BCUT2D eigenvalue weighted by Crippen LogP contribution is 2.17. The molecular weight excluding hydrogens is 416 g/mol. The molecule has 162 valence electrons. The highest BCUT2D eigenvalue weighted by atomic mass is 32.2. The third kappa shape index (κ3) is 4.84. The molecule has 3 rings (SSSR count). The molecule has 0 aliphatic rings. The van der Waals surface area contributed by atoms with Crippen LogP contribution in [0.1, 0.15) is 34.6 Å². The number of rotatable bonds is 7. The van der Waals surface area contributed by atoms with Crippen LogP contribution in [0.4, 0.5) is 0 Å². The summed E-state index contributed by atoms with van der Waals surface area (Å²) in [7, 11) is -3.60. The number of amides is 2. The summed E-state index contributed by atoms with van der Waals surface area (Å²) >= 11 is 0. The summed E-state index contributed by atoms with van der Waals surface area (Å²) in [6, 6.07) is 16.3. The number of nitrogens with zero attached hydrogens (tertiary/aromatic N) is 2. The largest absolute Gasteiger partial charge is 0.323 e. The maximum Gasteiger partial charge on any atom is 0.271 e. The first-order chi connectivity index (χ1) is 14.9. The van der Waals surface area contributed by atoms with Crippen LogP contribution in [0.5, 0.6) is 0 Å². The van der Waals surface area contributed by atoms with Crippen LogP contribution in [0.3, 0.4) is 0 Å². The van der Waals surface area contributed by atoms with Crippen LogP contribution in [0.15, 0.2) is 78.0 Å². The molecule has 31 heavy (non-hydrogen) atoms. The number of carbonyl (C=O) groups excluding carboxylic acids is 2. The SMILES string of the molecule is CCN(CC)S(=O)(=O)c1ccc(C(=O)NNC(=O)c2ccccc2-n2cccc2)cc1. The van der Waals surface area contributed by atoms with Crippen LogP contribution < -0.4 is 10.9 Å². The standard InChI is InChI=1S/C22H24N4O4S/c1-3-26(4-2)31(29,30)18-13-11-17(12-14-18)21(27)23-24-22(28)19-9-5-6-10-20(19)25-15-7-8-16-25/h5-16H,3-4H2,1-2H3,(H,23,27)(H,24,28). The van der Waals surface area contributed by atoms with Gasteiger partial charge in [-0.05, 0) is 48.5 Å². The Balaban J connectivity index is 1.69. The minimum absolute atomic E-state index is 0.109. The monoisotopic (exact) mass is 440 g/mol. The van der Waals surface area contributed by atoms with Gasteiger partial charge in [0.25, 0.3) is 11.8 Å². The van der Waals surface area contributed by atoms with Crippen molar-refractivity contribution in [3.05, 3.63) is 84.2 Å². The second-order valence-electron chi connectivity index (χ2n) is 6.63. The zero-order chi connectivity index (χ0) is 22.4. The summed E-state index contributed by atoms with van der Waals surface area (Å²) in [5.41, 5.74) is 6.05. The summed E-state index contributed by atoms with van der Waals surface area (Å²) in [4.78, 5) is 25.1. The number of carbonyl (C=O) groups is 2. The second kappa shape index (κ2) is 9.59. The first-order valence-electron chi connectivity index (χ1n) is 9.81. The lowest BCUT2D eigenvalue weighted by molar-refractivity contribution is 0.0846. The highest BCUT2D eigenvalue weighted by molar-refractivity contribution is 7.89. The van der Waals surface area contributed by atoms with Crippen LogP contribution in [0, 0.1) is 0 Å². The highest BCUT2D eigenvalue weighted by Gasteiger charge is 2.22. The van der Waals surface area contributed by atoms with Gasteiger partial charge >= 0.3 is 0 Å². The average Bonchev–Trinajstić information content (AvgIpc) is 3.33. The molecule has 0 aliphatic carbocycles. The molecule has 0 spiro atoms. The Morgan fingerprint density at radius 1 is 0.839 bits per heavy atom.